The van der Waals surface area contributed by atoms with Crippen molar-refractivity contribution in [1.82, 2.24) is 9.29 Å². The van der Waals surface area contributed by atoms with E-state index in [1.165, 1.54) is 18.3 Å². The van der Waals surface area contributed by atoms with Crippen LogP contribution in [0.15, 0.2) is 18.3 Å². The number of likely N-dealkylation sites (N-methyl/N-ethyl adjacent to an activating group) is 1. The first-order valence-electron chi connectivity index (χ1n) is 4.38. The molecular formula is C8H10ClN3O4S. The lowest BCUT2D eigenvalue weighted by atomic mass is 10.5. The zero-order valence-corrected chi connectivity index (χ0v) is 10.4. The molecule has 0 aliphatic carbocycles. The smallest absolute Gasteiger partial charge is 0.318 e. The zero-order valence-electron chi connectivity index (χ0n) is 8.79. The number of carbonyl (C=O) groups is 1. The molecule has 0 aliphatic rings. The van der Waals surface area contributed by atoms with Crippen molar-refractivity contribution in [3.8, 4) is 0 Å². The van der Waals surface area contributed by atoms with Crippen LogP contribution in [-0.4, -0.2) is 42.4 Å². The van der Waals surface area contributed by atoms with E-state index in [-0.39, 0.29) is 5.82 Å². The third kappa shape index (κ3) is 4.17. The molecule has 0 bridgehead atoms. The average molecular weight is 280 g/mol. The van der Waals surface area contributed by atoms with E-state index < -0.39 is 22.7 Å². The van der Waals surface area contributed by atoms with Crippen LogP contribution in [-0.2, 0) is 15.0 Å². The molecule has 0 amide bonds. The number of rotatable bonds is 5. The summed E-state index contributed by atoms with van der Waals surface area (Å²) in [5.74, 6) is -1.23. The van der Waals surface area contributed by atoms with Crippen molar-refractivity contribution >= 4 is 33.6 Å². The predicted molar refractivity (Wildman–Crippen MR) is 62.1 cm³/mol. The van der Waals surface area contributed by atoms with Crippen molar-refractivity contribution in [2.24, 2.45) is 0 Å². The van der Waals surface area contributed by atoms with Gasteiger partial charge in [-0.15, -0.1) is 0 Å². The van der Waals surface area contributed by atoms with E-state index in [2.05, 4.69) is 9.71 Å². The van der Waals surface area contributed by atoms with Gasteiger partial charge in [-0.2, -0.15) is 12.7 Å². The third-order valence-electron chi connectivity index (χ3n) is 1.72. The minimum absolute atomic E-state index is 0.0229. The van der Waals surface area contributed by atoms with E-state index in [1.54, 1.807) is 0 Å². The molecule has 0 spiro atoms. The highest BCUT2D eigenvalue weighted by molar-refractivity contribution is 7.90. The molecule has 0 aromatic carbocycles. The molecule has 0 atom stereocenters. The topological polar surface area (TPSA) is 99.6 Å². The Balaban J connectivity index is 2.83. The van der Waals surface area contributed by atoms with Crippen molar-refractivity contribution in [3.05, 3.63) is 23.4 Å². The Morgan fingerprint density at radius 2 is 2.29 bits per heavy atom. The second-order valence-corrected chi connectivity index (χ2v) is 5.33. The molecule has 0 saturated heterocycles. The van der Waals surface area contributed by atoms with Gasteiger partial charge in [0.25, 0.3) is 0 Å². The fraction of sp³-hybridized carbons (Fsp3) is 0.250. The van der Waals surface area contributed by atoms with Crippen LogP contribution in [0.25, 0.3) is 0 Å². The number of anilines is 1. The number of pyridine rings is 1. The van der Waals surface area contributed by atoms with E-state index in [0.717, 1.165) is 7.05 Å². The Morgan fingerprint density at radius 3 is 2.82 bits per heavy atom. The first kappa shape index (κ1) is 13.7. The lowest BCUT2D eigenvalue weighted by Gasteiger charge is -2.15. The number of hydrogen-bond donors (Lipinski definition) is 2. The van der Waals surface area contributed by atoms with Gasteiger partial charge in [0.2, 0.25) is 0 Å². The number of halogens is 1. The highest BCUT2D eigenvalue weighted by Crippen LogP contribution is 2.13. The molecule has 94 valence electrons. The maximum atomic E-state index is 11.6. The van der Waals surface area contributed by atoms with Crippen molar-refractivity contribution in [1.29, 1.82) is 0 Å². The first-order valence-corrected chi connectivity index (χ1v) is 6.20. The number of nitrogens with one attached hydrogen (secondary N) is 1. The average Bonchev–Trinajstić information content (AvgIpc) is 2.15. The van der Waals surface area contributed by atoms with E-state index in [4.69, 9.17) is 16.7 Å². The molecule has 9 heteroatoms. The minimum atomic E-state index is -3.94. The van der Waals surface area contributed by atoms with Crippen LogP contribution in [0.2, 0.25) is 5.02 Å². The number of nitrogens with zero attached hydrogens (tertiary/aromatic N) is 2. The largest absolute Gasteiger partial charge is 0.480 e. The second kappa shape index (κ2) is 5.30. The molecule has 1 heterocycles. The van der Waals surface area contributed by atoms with Crippen LogP contribution < -0.4 is 4.72 Å². The van der Waals surface area contributed by atoms with Crippen molar-refractivity contribution < 1.29 is 18.3 Å². The Bertz CT molecular complexity index is 519. The summed E-state index contributed by atoms with van der Waals surface area (Å²) in [5, 5.41) is 8.80. The maximum absolute atomic E-state index is 11.6. The Morgan fingerprint density at radius 1 is 1.65 bits per heavy atom. The predicted octanol–water partition coefficient (Wildman–Crippen LogP) is 0.408. The van der Waals surface area contributed by atoms with Crippen LogP contribution in [0.1, 0.15) is 0 Å². The highest BCUT2D eigenvalue weighted by Gasteiger charge is 2.20. The summed E-state index contributed by atoms with van der Waals surface area (Å²) in [7, 11) is -2.80. The monoisotopic (exact) mass is 279 g/mol. The van der Waals surface area contributed by atoms with E-state index in [9.17, 15) is 13.2 Å². The standard InChI is InChI=1S/C8H10ClN3O4S/c1-12(5-8(13)14)17(15,16)11-7-4-6(9)2-3-10-7/h2-4H,5H2,1H3,(H,10,11)(H,13,14). The van der Waals surface area contributed by atoms with Crippen molar-refractivity contribution in [2.45, 2.75) is 0 Å². The summed E-state index contributed by atoms with van der Waals surface area (Å²) in [4.78, 5) is 14.1. The summed E-state index contributed by atoms with van der Waals surface area (Å²) < 4.78 is 26.0. The molecule has 1 aromatic heterocycles. The molecule has 7 nitrogen and oxygen atoms in total. The Kier molecular flexibility index (Phi) is 4.27. The van der Waals surface area contributed by atoms with E-state index >= 15 is 0 Å². The lowest BCUT2D eigenvalue weighted by Crippen LogP contribution is -2.36. The summed E-state index contributed by atoms with van der Waals surface area (Å²) in [5.41, 5.74) is 0. The van der Waals surface area contributed by atoms with Crippen LogP contribution in [0.4, 0.5) is 5.82 Å². The fourth-order valence-corrected chi connectivity index (χ4v) is 1.92. The van der Waals surface area contributed by atoms with E-state index in [1.807, 2.05) is 0 Å². The quantitative estimate of drug-likeness (QED) is 0.813. The van der Waals surface area contributed by atoms with Gasteiger partial charge in [-0.3, -0.25) is 9.52 Å². The summed E-state index contributed by atoms with van der Waals surface area (Å²) in [6, 6.07) is 2.80. The molecule has 0 saturated carbocycles. The summed E-state index contributed by atoms with van der Waals surface area (Å²) >= 11 is 5.66. The minimum Gasteiger partial charge on any atom is -0.480 e. The van der Waals surface area contributed by atoms with Gasteiger partial charge in [-0.05, 0) is 6.07 Å². The third-order valence-corrected chi connectivity index (χ3v) is 3.38. The van der Waals surface area contributed by atoms with Gasteiger partial charge in [-0.25, -0.2) is 4.98 Å². The molecule has 17 heavy (non-hydrogen) atoms. The van der Waals surface area contributed by atoms with Crippen LogP contribution in [0, 0.1) is 0 Å². The van der Waals surface area contributed by atoms with Gasteiger partial charge in [0.15, 0.2) is 0 Å². The molecular weight excluding hydrogens is 270 g/mol. The van der Waals surface area contributed by atoms with E-state index in [0.29, 0.717) is 9.33 Å². The number of carboxylic acids is 1. The molecule has 1 aromatic rings. The highest BCUT2D eigenvalue weighted by atomic mass is 35.5. The molecule has 0 unspecified atom stereocenters. The second-order valence-electron chi connectivity index (χ2n) is 3.12. The molecule has 0 aliphatic heterocycles. The van der Waals surface area contributed by atoms with Gasteiger partial charge in [0.1, 0.15) is 12.4 Å². The molecule has 0 radical (unpaired) electrons. The number of aromatic nitrogens is 1. The molecule has 2 N–H and O–H groups in total. The SMILES string of the molecule is CN(CC(=O)O)S(=O)(=O)Nc1cc(Cl)ccn1. The molecule has 0 fully saturated rings. The van der Waals surface area contributed by atoms with Crippen LogP contribution in [0.5, 0.6) is 0 Å². The fourth-order valence-electron chi connectivity index (χ4n) is 0.946. The zero-order chi connectivity index (χ0) is 13.1. The summed E-state index contributed by atoms with van der Waals surface area (Å²) in [6.07, 6.45) is 1.33. The Labute approximate surface area is 103 Å². The van der Waals surface area contributed by atoms with Gasteiger partial charge in [-0.1, -0.05) is 11.6 Å². The number of aliphatic carboxylic acids is 1. The first-order chi connectivity index (χ1) is 7.81. The number of hydrogen-bond acceptors (Lipinski definition) is 4. The van der Waals surface area contributed by atoms with Crippen molar-refractivity contribution in [2.75, 3.05) is 18.3 Å². The Hall–Kier alpha value is -1.38. The lowest BCUT2D eigenvalue weighted by molar-refractivity contribution is -0.137. The maximum Gasteiger partial charge on any atom is 0.318 e. The molecule has 1 rings (SSSR count). The van der Waals surface area contributed by atoms with Crippen LogP contribution >= 0.6 is 11.6 Å². The van der Waals surface area contributed by atoms with Crippen molar-refractivity contribution in [3.63, 3.8) is 0 Å². The van der Waals surface area contributed by atoms with Gasteiger partial charge >= 0.3 is 16.2 Å². The van der Waals surface area contributed by atoms with Gasteiger partial charge < -0.3 is 5.11 Å². The summed E-state index contributed by atoms with van der Waals surface area (Å²) in [6.45, 7) is -0.643. The van der Waals surface area contributed by atoms with Crippen LogP contribution in [0.3, 0.4) is 0 Å². The van der Waals surface area contributed by atoms with Gasteiger partial charge in [0, 0.05) is 24.3 Å². The van der Waals surface area contributed by atoms with Gasteiger partial charge in [0.05, 0.1) is 0 Å². The number of carboxylic acid groups (broad SMARTS) is 1. The normalized spacial score (nSPS) is 11.5.